The maximum atomic E-state index is 13.2. The number of carbonyl (C=O) groups is 1. The third-order valence-corrected chi connectivity index (χ3v) is 5.84. The molecule has 0 N–H and O–H groups in total. The van der Waals surface area contributed by atoms with Gasteiger partial charge in [0.1, 0.15) is 11.5 Å². The Kier molecular flexibility index (Phi) is 7.10. The van der Waals surface area contributed by atoms with Crippen molar-refractivity contribution in [1.29, 1.82) is 0 Å². The van der Waals surface area contributed by atoms with Gasteiger partial charge in [0, 0.05) is 22.7 Å². The summed E-state index contributed by atoms with van der Waals surface area (Å²) in [6.45, 7) is 6.68. The monoisotopic (exact) mass is 444 g/mol. The molecule has 1 fully saturated rings. The van der Waals surface area contributed by atoms with E-state index in [9.17, 15) is 4.79 Å². The summed E-state index contributed by atoms with van der Waals surface area (Å²) in [7, 11) is 3.24. The second-order valence-electron chi connectivity index (χ2n) is 7.31. The lowest BCUT2D eigenvalue weighted by molar-refractivity contribution is -0.122. The van der Waals surface area contributed by atoms with Gasteiger partial charge in [0.25, 0.3) is 5.91 Å². The van der Waals surface area contributed by atoms with Crippen LogP contribution in [-0.2, 0) is 4.79 Å². The number of carbonyl (C=O) groups excluding carboxylic acids is 1. The molecule has 0 bridgehead atoms. The summed E-state index contributed by atoms with van der Waals surface area (Å²) in [5.74, 6) is 1.68. The van der Waals surface area contributed by atoms with Crippen molar-refractivity contribution in [2.75, 3.05) is 20.8 Å². The molecule has 0 atom stereocenters. The molecule has 1 saturated heterocycles. The quantitative estimate of drug-likeness (QED) is 0.518. The van der Waals surface area contributed by atoms with Crippen LogP contribution in [-0.4, -0.2) is 36.7 Å². The highest BCUT2D eigenvalue weighted by molar-refractivity contribution is 8.18. The van der Waals surface area contributed by atoms with Crippen LogP contribution in [0.4, 0.5) is 5.69 Å². The summed E-state index contributed by atoms with van der Waals surface area (Å²) in [6.07, 6.45) is 1.86. The normalized spacial score (nSPS) is 16.8. The molecule has 1 aliphatic heterocycles. The van der Waals surface area contributed by atoms with Gasteiger partial charge in [-0.25, -0.2) is 4.99 Å². The van der Waals surface area contributed by atoms with Crippen LogP contribution in [0.3, 0.4) is 0 Å². The van der Waals surface area contributed by atoms with E-state index in [0.29, 0.717) is 33.3 Å². The molecular formula is C23H25ClN2O3S. The fraction of sp³-hybridized carbons (Fsp3) is 0.304. The van der Waals surface area contributed by atoms with Crippen molar-refractivity contribution in [2.24, 2.45) is 10.9 Å². The summed E-state index contributed by atoms with van der Waals surface area (Å²) in [5.41, 5.74) is 2.46. The number of methoxy groups -OCH3 is 2. The number of halogens is 1. The number of nitrogens with zero attached hydrogens (tertiary/aromatic N) is 2. The summed E-state index contributed by atoms with van der Waals surface area (Å²) in [6, 6.07) is 11.0. The molecule has 3 rings (SSSR count). The highest BCUT2D eigenvalue weighted by atomic mass is 35.5. The zero-order chi connectivity index (χ0) is 21.8. The third kappa shape index (κ3) is 4.82. The average Bonchev–Trinajstić information content (AvgIpc) is 2.98. The summed E-state index contributed by atoms with van der Waals surface area (Å²) < 4.78 is 11.0. The Morgan fingerprint density at radius 1 is 1.13 bits per heavy atom. The van der Waals surface area contributed by atoms with Crippen molar-refractivity contribution in [2.45, 2.75) is 20.8 Å². The van der Waals surface area contributed by atoms with E-state index in [1.54, 1.807) is 31.3 Å². The van der Waals surface area contributed by atoms with Crippen molar-refractivity contribution in [3.8, 4) is 11.5 Å². The molecule has 0 aromatic heterocycles. The summed E-state index contributed by atoms with van der Waals surface area (Å²) in [4.78, 5) is 20.2. The van der Waals surface area contributed by atoms with Crippen molar-refractivity contribution >= 4 is 46.2 Å². The molecule has 0 saturated carbocycles. The first-order valence-electron chi connectivity index (χ1n) is 9.61. The lowest BCUT2D eigenvalue weighted by Gasteiger charge is -2.17. The number of benzene rings is 2. The van der Waals surface area contributed by atoms with Gasteiger partial charge < -0.3 is 9.47 Å². The van der Waals surface area contributed by atoms with Crippen molar-refractivity contribution in [3.05, 3.63) is 57.5 Å². The first kappa shape index (κ1) is 22.2. The lowest BCUT2D eigenvalue weighted by atomic mass is 10.1. The number of thioether (sulfide) groups is 1. The molecule has 1 amide bonds. The molecule has 2 aromatic rings. The highest BCUT2D eigenvalue weighted by Gasteiger charge is 2.34. The molecule has 5 nitrogen and oxygen atoms in total. The van der Waals surface area contributed by atoms with Crippen LogP contribution in [0.5, 0.6) is 11.5 Å². The van der Waals surface area contributed by atoms with Crippen molar-refractivity contribution in [1.82, 2.24) is 4.90 Å². The number of amides is 1. The smallest absolute Gasteiger partial charge is 0.266 e. The van der Waals surface area contributed by atoms with Gasteiger partial charge in [-0.2, -0.15) is 0 Å². The van der Waals surface area contributed by atoms with E-state index >= 15 is 0 Å². The lowest BCUT2D eigenvalue weighted by Crippen LogP contribution is -2.32. The van der Waals surface area contributed by atoms with E-state index in [2.05, 4.69) is 13.8 Å². The van der Waals surface area contributed by atoms with Crippen LogP contribution in [0.25, 0.3) is 6.08 Å². The molecular weight excluding hydrogens is 420 g/mol. The van der Waals surface area contributed by atoms with E-state index in [0.717, 1.165) is 22.6 Å². The second kappa shape index (κ2) is 9.58. The molecule has 1 heterocycles. The Balaban J connectivity index is 2.01. The molecule has 2 aromatic carbocycles. The number of hydrogen-bond acceptors (Lipinski definition) is 5. The number of rotatable bonds is 6. The molecule has 0 aliphatic carbocycles. The van der Waals surface area contributed by atoms with Gasteiger partial charge >= 0.3 is 0 Å². The van der Waals surface area contributed by atoms with Gasteiger partial charge in [-0.3, -0.25) is 9.69 Å². The van der Waals surface area contributed by atoms with E-state index in [1.165, 1.54) is 11.8 Å². The predicted molar refractivity (Wildman–Crippen MR) is 125 cm³/mol. The zero-order valence-corrected chi connectivity index (χ0v) is 19.3. The molecule has 30 heavy (non-hydrogen) atoms. The van der Waals surface area contributed by atoms with Crippen LogP contribution < -0.4 is 9.47 Å². The van der Waals surface area contributed by atoms with Crippen LogP contribution in [0, 0.1) is 12.8 Å². The number of aliphatic imine (C=N–C) groups is 1. The predicted octanol–water partition coefficient (Wildman–Crippen LogP) is 5.93. The summed E-state index contributed by atoms with van der Waals surface area (Å²) >= 11 is 7.34. The van der Waals surface area contributed by atoms with Crippen LogP contribution in [0.1, 0.15) is 25.0 Å². The summed E-state index contributed by atoms with van der Waals surface area (Å²) in [5, 5.41) is 1.31. The molecule has 0 radical (unpaired) electrons. The van der Waals surface area contributed by atoms with Crippen molar-refractivity contribution in [3.63, 3.8) is 0 Å². The van der Waals surface area contributed by atoms with Gasteiger partial charge in [0.15, 0.2) is 5.17 Å². The number of ether oxygens (including phenoxy) is 2. The molecule has 158 valence electrons. The largest absolute Gasteiger partial charge is 0.496 e. The fourth-order valence-corrected chi connectivity index (χ4v) is 4.31. The minimum atomic E-state index is -0.0584. The maximum absolute atomic E-state index is 13.2. The average molecular weight is 445 g/mol. The van der Waals surface area contributed by atoms with E-state index < -0.39 is 0 Å². The molecule has 0 unspecified atom stereocenters. The standard InChI is InChI=1S/C23H25ClN2O3S/c1-14(2)13-26-22(27)20(30-23(26)25-18-9-7-17(24)8-10-18)12-16-6-11-19(28-4)15(3)21(16)29-5/h6-12,14H,13H2,1-5H3/b20-12-,25-23?. The topological polar surface area (TPSA) is 51.1 Å². The first-order chi connectivity index (χ1) is 14.3. The van der Waals surface area contributed by atoms with Gasteiger partial charge in [-0.1, -0.05) is 25.4 Å². The Labute approximate surface area is 186 Å². The van der Waals surface area contributed by atoms with Crippen molar-refractivity contribution < 1.29 is 14.3 Å². The first-order valence-corrected chi connectivity index (χ1v) is 10.8. The number of hydrogen-bond donors (Lipinski definition) is 0. The SMILES string of the molecule is COc1ccc(/C=C2\SC(=Nc3ccc(Cl)cc3)N(CC(C)C)C2=O)c(OC)c1C. The Morgan fingerprint density at radius 2 is 1.83 bits per heavy atom. The van der Waals surface area contributed by atoms with Crippen LogP contribution >= 0.6 is 23.4 Å². The minimum absolute atomic E-state index is 0.0584. The molecule has 1 aliphatic rings. The van der Waals surface area contributed by atoms with E-state index in [-0.39, 0.29) is 5.91 Å². The fourth-order valence-electron chi connectivity index (χ4n) is 3.19. The molecule has 7 heteroatoms. The van der Waals surface area contributed by atoms with E-state index in [1.807, 2.05) is 37.3 Å². The second-order valence-corrected chi connectivity index (χ2v) is 8.75. The van der Waals surface area contributed by atoms with Crippen LogP contribution in [0.15, 0.2) is 46.3 Å². The maximum Gasteiger partial charge on any atom is 0.266 e. The van der Waals surface area contributed by atoms with E-state index in [4.69, 9.17) is 26.1 Å². The third-order valence-electron chi connectivity index (χ3n) is 4.58. The van der Waals surface area contributed by atoms with Gasteiger partial charge in [-0.15, -0.1) is 0 Å². The highest BCUT2D eigenvalue weighted by Crippen LogP contribution is 2.38. The zero-order valence-electron chi connectivity index (χ0n) is 17.7. The Morgan fingerprint density at radius 3 is 2.43 bits per heavy atom. The van der Waals surface area contributed by atoms with Gasteiger partial charge in [-0.05, 0) is 67.1 Å². The van der Waals surface area contributed by atoms with Crippen LogP contribution in [0.2, 0.25) is 5.02 Å². The van der Waals surface area contributed by atoms with Gasteiger partial charge in [0.2, 0.25) is 0 Å². The molecule has 0 spiro atoms. The minimum Gasteiger partial charge on any atom is -0.496 e. The number of amidine groups is 1. The Hall–Kier alpha value is -2.44. The Bertz CT molecular complexity index is 1000. The van der Waals surface area contributed by atoms with Gasteiger partial charge in [0.05, 0.1) is 24.8 Å².